The maximum Gasteiger partial charge on any atom is 0.305 e. The van der Waals surface area contributed by atoms with Crippen molar-refractivity contribution < 1.29 is 19.8 Å². The molecule has 0 bridgehead atoms. The van der Waals surface area contributed by atoms with Gasteiger partial charge < -0.3 is 10.2 Å². The number of aliphatic hydroxyl groups excluding tert-OH is 1. The van der Waals surface area contributed by atoms with Crippen LogP contribution < -0.4 is 5.48 Å². The van der Waals surface area contributed by atoms with E-state index < -0.39 is 12.1 Å². The van der Waals surface area contributed by atoms with Crippen LogP contribution in [0.2, 0.25) is 0 Å². The van der Waals surface area contributed by atoms with Crippen LogP contribution in [0, 0.1) is 17.3 Å². The number of hydrogen-bond donors (Lipinski definition) is 3. The normalized spacial score (nSPS) is 23.7. The second-order valence-electron chi connectivity index (χ2n) is 8.11. The Morgan fingerprint density at radius 2 is 2.27 bits per heavy atom. The van der Waals surface area contributed by atoms with E-state index in [-0.39, 0.29) is 18.4 Å². The number of carboxylic acid groups (broad SMARTS) is 1. The van der Waals surface area contributed by atoms with Crippen LogP contribution in [0.25, 0.3) is 0 Å². The number of hydroxylamine groups is 1. The highest BCUT2D eigenvalue weighted by Gasteiger charge is 2.33. The van der Waals surface area contributed by atoms with Crippen LogP contribution in [0.5, 0.6) is 0 Å². The first kappa shape index (κ1) is 20.7. The van der Waals surface area contributed by atoms with Gasteiger partial charge in [0.25, 0.3) is 0 Å². The second-order valence-corrected chi connectivity index (χ2v) is 8.11. The lowest BCUT2D eigenvalue weighted by Crippen LogP contribution is -2.27. The second kappa shape index (κ2) is 9.38. The van der Waals surface area contributed by atoms with Gasteiger partial charge in [0.2, 0.25) is 0 Å². The average Bonchev–Trinajstić information content (AvgIpc) is 3.15. The Morgan fingerprint density at radius 1 is 1.50 bits per heavy atom. The number of aliphatic carboxylic acids is 1. The van der Waals surface area contributed by atoms with E-state index in [2.05, 4.69) is 44.5 Å². The van der Waals surface area contributed by atoms with Gasteiger partial charge in [-0.05, 0) is 36.2 Å². The van der Waals surface area contributed by atoms with Gasteiger partial charge in [-0.2, -0.15) is 0 Å². The van der Waals surface area contributed by atoms with E-state index in [1.54, 1.807) is 0 Å². The van der Waals surface area contributed by atoms with Gasteiger partial charge in [0, 0.05) is 11.6 Å². The Hall–Kier alpha value is -1.59. The summed E-state index contributed by atoms with van der Waals surface area (Å²) >= 11 is 0. The molecule has 5 nitrogen and oxygen atoms in total. The van der Waals surface area contributed by atoms with E-state index in [4.69, 9.17) is 9.94 Å². The molecule has 3 N–H and O–H groups in total. The fourth-order valence-electron chi connectivity index (χ4n) is 3.63. The summed E-state index contributed by atoms with van der Waals surface area (Å²) in [5, 5.41) is 19.2. The molecule has 0 saturated carbocycles. The first-order chi connectivity index (χ1) is 12.3. The Balaban J connectivity index is 1.86. The van der Waals surface area contributed by atoms with Gasteiger partial charge >= 0.3 is 5.97 Å². The average molecular weight is 363 g/mol. The lowest BCUT2D eigenvalue weighted by Gasteiger charge is -2.28. The SMILES string of the molecule is CCCCC(C)(C)C(O)C=CC1=CC[C@@H]2CC(NOCCC(=O)O)=C[C@@H]12. The van der Waals surface area contributed by atoms with E-state index in [0.717, 1.165) is 37.8 Å². The molecule has 0 aromatic rings. The van der Waals surface area contributed by atoms with Crippen molar-refractivity contribution in [2.75, 3.05) is 6.61 Å². The minimum Gasteiger partial charge on any atom is -0.481 e. The fraction of sp³-hybridized carbons (Fsp3) is 0.667. The van der Waals surface area contributed by atoms with Crippen LogP contribution in [0.1, 0.15) is 59.3 Å². The highest BCUT2D eigenvalue weighted by atomic mass is 16.6. The predicted molar refractivity (Wildman–Crippen MR) is 102 cm³/mol. The zero-order valence-corrected chi connectivity index (χ0v) is 16.2. The summed E-state index contributed by atoms with van der Waals surface area (Å²) in [5.74, 6) is 0.0214. The Morgan fingerprint density at radius 3 is 2.96 bits per heavy atom. The molecule has 5 heteroatoms. The minimum atomic E-state index is -0.861. The summed E-state index contributed by atoms with van der Waals surface area (Å²) in [7, 11) is 0. The number of aliphatic hydroxyl groups is 1. The summed E-state index contributed by atoms with van der Waals surface area (Å²) in [6, 6.07) is 0. The molecular formula is C21H33NO4. The first-order valence-corrected chi connectivity index (χ1v) is 9.70. The molecule has 0 fully saturated rings. The van der Waals surface area contributed by atoms with E-state index >= 15 is 0 Å². The number of fused-ring (bicyclic) bond motifs is 1. The third kappa shape index (κ3) is 5.71. The Kier molecular flexibility index (Phi) is 7.47. The van der Waals surface area contributed by atoms with Crippen molar-refractivity contribution in [3.63, 3.8) is 0 Å². The third-order valence-corrected chi connectivity index (χ3v) is 5.48. The molecule has 0 heterocycles. The molecule has 2 rings (SSSR count). The van der Waals surface area contributed by atoms with Crippen molar-refractivity contribution in [2.24, 2.45) is 17.3 Å². The lowest BCUT2D eigenvalue weighted by molar-refractivity contribution is -0.138. The molecule has 0 aliphatic heterocycles. The molecule has 26 heavy (non-hydrogen) atoms. The lowest BCUT2D eigenvalue weighted by atomic mass is 9.81. The topological polar surface area (TPSA) is 78.8 Å². The van der Waals surface area contributed by atoms with Crippen LogP contribution in [0.3, 0.4) is 0 Å². The summed E-state index contributed by atoms with van der Waals surface area (Å²) in [6.07, 6.45) is 13.2. The van der Waals surface area contributed by atoms with E-state index in [0.29, 0.717) is 11.8 Å². The molecule has 3 atom stereocenters. The molecule has 0 amide bonds. The molecule has 0 saturated heterocycles. The maximum atomic E-state index is 10.5. The van der Waals surface area contributed by atoms with Gasteiger partial charge in [-0.3, -0.25) is 15.1 Å². The first-order valence-electron chi connectivity index (χ1n) is 9.70. The largest absolute Gasteiger partial charge is 0.481 e. The van der Waals surface area contributed by atoms with E-state index in [1.807, 2.05) is 6.08 Å². The van der Waals surface area contributed by atoms with E-state index in [9.17, 15) is 9.90 Å². The van der Waals surface area contributed by atoms with Crippen LogP contribution >= 0.6 is 0 Å². The van der Waals surface area contributed by atoms with Gasteiger partial charge in [-0.25, -0.2) is 0 Å². The van der Waals surface area contributed by atoms with Crippen LogP contribution in [0.4, 0.5) is 0 Å². The van der Waals surface area contributed by atoms with Crippen molar-refractivity contribution in [3.05, 3.63) is 35.6 Å². The van der Waals surface area contributed by atoms with Gasteiger partial charge in [0.1, 0.15) is 0 Å². The van der Waals surface area contributed by atoms with Crippen LogP contribution in [0.15, 0.2) is 35.6 Å². The quantitative estimate of drug-likeness (QED) is 0.382. The number of nitrogens with one attached hydrogen (secondary N) is 1. The molecule has 0 radical (unpaired) electrons. The van der Waals surface area contributed by atoms with Crippen molar-refractivity contribution >= 4 is 5.97 Å². The fourth-order valence-corrected chi connectivity index (χ4v) is 3.63. The number of unbranched alkanes of at least 4 members (excludes halogenated alkanes) is 1. The predicted octanol–water partition coefficient (Wildman–Crippen LogP) is 3.97. The zero-order valence-electron chi connectivity index (χ0n) is 16.2. The summed E-state index contributed by atoms with van der Waals surface area (Å²) in [5.41, 5.74) is 5.06. The van der Waals surface area contributed by atoms with Crippen LogP contribution in [-0.2, 0) is 9.63 Å². The molecule has 1 unspecified atom stereocenters. The Labute approximate surface area is 156 Å². The number of carboxylic acids is 1. The summed E-state index contributed by atoms with van der Waals surface area (Å²) < 4.78 is 0. The molecule has 146 valence electrons. The molecule has 2 aliphatic rings. The van der Waals surface area contributed by atoms with Gasteiger partial charge in [0.15, 0.2) is 0 Å². The van der Waals surface area contributed by atoms with Gasteiger partial charge in [-0.15, -0.1) is 0 Å². The number of carbonyl (C=O) groups is 1. The molecule has 0 aromatic carbocycles. The van der Waals surface area contributed by atoms with Gasteiger partial charge in [-0.1, -0.05) is 57.9 Å². The van der Waals surface area contributed by atoms with Crippen molar-refractivity contribution in [2.45, 2.75) is 65.4 Å². The van der Waals surface area contributed by atoms with Crippen molar-refractivity contribution in [3.8, 4) is 0 Å². The van der Waals surface area contributed by atoms with Crippen LogP contribution in [-0.4, -0.2) is 28.9 Å². The van der Waals surface area contributed by atoms with Crippen molar-refractivity contribution in [1.29, 1.82) is 0 Å². The molecule has 0 spiro atoms. The number of rotatable bonds is 11. The highest BCUT2D eigenvalue weighted by molar-refractivity contribution is 5.66. The molecule has 2 aliphatic carbocycles. The summed E-state index contributed by atoms with van der Waals surface area (Å²) in [4.78, 5) is 15.7. The highest BCUT2D eigenvalue weighted by Crippen LogP contribution is 2.43. The standard InChI is InChI=1S/C21H33NO4/c1-4-5-11-21(2,3)19(23)9-8-15-6-7-16-13-17(14-18(15)16)22-26-12-10-20(24)25/h6,8-9,14,16,18-19,22-23H,4-5,7,10-13H2,1-3H3,(H,24,25)/t16-,18+,19?/m1/s1. The monoisotopic (exact) mass is 363 g/mol. The van der Waals surface area contributed by atoms with Gasteiger partial charge in [0.05, 0.1) is 19.1 Å². The maximum absolute atomic E-state index is 10.5. The molecular weight excluding hydrogens is 330 g/mol. The number of allylic oxidation sites excluding steroid dienone is 5. The third-order valence-electron chi connectivity index (χ3n) is 5.48. The zero-order chi connectivity index (χ0) is 19.2. The summed E-state index contributed by atoms with van der Waals surface area (Å²) in [6.45, 7) is 6.57. The smallest absolute Gasteiger partial charge is 0.305 e. The minimum absolute atomic E-state index is 0.00721. The molecule has 0 aromatic heterocycles. The Bertz CT molecular complexity index is 577. The van der Waals surface area contributed by atoms with Crippen molar-refractivity contribution in [1.82, 2.24) is 5.48 Å². The van der Waals surface area contributed by atoms with E-state index in [1.165, 1.54) is 5.57 Å². The number of hydrogen-bond acceptors (Lipinski definition) is 4.